The van der Waals surface area contributed by atoms with Gasteiger partial charge in [0.25, 0.3) is 5.91 Å². The molecule has 1 aromatic carbocycles. The lowest BCUT2D eigenvalue weighted by Gasteiger charge is -2.09. The summed E-state index contributed by atoms with van der Waals surface area (Å²) in [7, 11) is 0. The number of nitrogens with zero attached hydrogens (tertiary/aromatic N) is 1. The second-order valence-electron chi connectivity index (χ2n) is 3.19. The lowest BCUT2D eigenvalue weighted by Crippen LogP contribution is -2.20. The third-order valence-electron chi connectivity index (χ3n) is 1.85. The molecule has 0 atom stereocenters. The minimum atomic E-state index is -4.70. The molecule has 0 bridgehead atoms. The van der Waals surface area contributed by atoms with E-state index in [1.807, 2.05) is 0 Å². The number of nitrogens with two attached hydrogens (primary N) is 1. The maximum Gasteiger partial charge on any atom is 0.416 e. The van der Waals surface area contributed by atoms with Crippen molar-refractivity contribution in [1.82, 2.24) is 0 Å². The molecule has 6 nitrogen and oxygen atoms in total. The fraction of sp³-hybridized carbons (Fsp3) is 0.222. The van der Waals surface area contributed by atoms with Crippen molar-refractivity contribution in [2.24, 2.45) is 5.73 Å². The number of rotatable bonds is 4. The van der Waals surface area contributed by atoms with Crippen LogP contribution in [0.25, 0.3) is 0 Å². The molecule has 1 amide bonds. The third kappa shape index (κ3) is 3.34. The number of ether oxygens (including phenoxy) is 1. The molecule has 0 fully saturated rings. The molecular formula is C9H7F3N2O4. The van der Waals surface area contributed by atoms with E-state index in [0.29, 0.717) is 12.1 Å². The Morgan fingerprint density at radius 2 is 2.06 bits per heavy atom. The van der Waals surface area contributed by atoms with Crippen molar-refractivity contribution in [3.05, 3.63) is 33.9 Å². The number of alkyl halides is 3. The van der Waals surface area contributed by atoms with Crippen LogP contribution >= 0.6 is 0 Å². The zero-order valence-corrected chi connectivity index (χ0v) is 8.73. The molecule has 1 aromatic rings. The van der Waals surface area contributed by atoms with Gasteiger partial charge in [-0.2, -0.15) is 13.2 Å². The van der Waals surface area contributed by atoms with Crippen LogP contribution in [0.15, 0.2) is 18.2 Å². The summed E-state index contributed by atoms with van der Waals surface area (Å²) >= 11 is 0. The van der Waals surface area contributed by atoms with E-state index in [2.05, 4.69) is 4.74 Å². The smallest absolute Gasteiger partial charge is 0.416 e. The summed E-state index contributed by atoms with van der Waals surface area (Å²) in [5.74, 6) is -1.35. The molecule has 0 saturated heterocycles. The van der Waals surface area contributed by atoms with E-state index < -0.39 is 40.6 Å². The highest BCUT2D eigenvalue weighted by molar-refractivity contribution is 5.75. The highest BCUT2D eigenvalue weighted by Crippen LogP contribution is 2.35. The van der Waals surface area contributed by atoms with E-state index in [9.17, 15) is 28.1 Å². The lowest BCUT2D eigenvalue weighted by molar-refractivity contribution is -0.386. The first-order chi connectivity index (χ1) is 8.21. The fourth-order valence-corrected chi connectivity index (χ4v) is 1.11. The predicted octanol–water partition coefficient (Wildman–Crippen LogP) is 1.48. The number of nitro benzene ring substituents is 1. The van der Waals surface area contributed by atoms with Crippen molar-refractivity contribution >= 4 is 11.6 Å². The predicted molar refractivity (Wildman–Crippen MR) is 52.8 cm³/mol. The second-order valence-corrected chi connectivity index (χ2v) is 3.19. The molecular weight excluding hydrogens is 257 g/mol. The molecule has 0 aromatic heterocycles. The number of carbonyl (C=O) groups is 1. The van der Waals surface area contributed by atoms with Gasteiger partial charge in [-0.1, -0.05) is 0 Å². The van der Waals surface area contributed by atoms with Crippen LogP contribution in [0.4, 0.5) is 18.9 Å². The fourth-order valence-electron chi connectivity index (χ4n) is 1.11. The average Bonchev–Trinajstić information content (AvgIpc) is 2.24. The molecule has 9 heteroatoms. The maximum atomic E-state index is 12.3. The Morgan fingerprint density at radius 1 is 1.44 bits per heavy atom. The van der Waals surface area contributed by atoms with Gasteiger partial charge in [0.05, 0.1) is 10.5 Å². The highest BCUT2D eigenvalue weighted by atomic mass is 19.4. The Balaban J connectivity index is 3.13. The van der Waals surface area contributed by atoms with E-state index >= 15 is 0 Å². The Hall–Kier alpha value is -2.32. The summed E-state index contributed by atoms with van der Waals surface area (Å²) in [6.45, 7) is -0.661. The van der Waals surface area contributed by atoms with Crippen LogP contribution in [-0.4, -0.2) is 17.4 Å². The molecule has 0 heterocycles. The van der Waals surface area contributed by atoms with Crippen molar-refractivity contribution in [2.45, 2.75) is 6.18 Å². The van der Waals surface area contributed by atoms with Gasteiger partial charge >= 0.3 is 11.9 Å². The van der Waals surface area contributed by atoms with Crippen LogP contribution < -0.4 is 10.5 Å². The molecule has 18 heavy (non-hydrogen) atoms. The number of amides is 1. The van der Waals surface area contributed by atoms with Gasteiger partial charge in [-0.15, -0.1) is 0 Å². The first-order valence-corrected chi connectivity index (χ1v) is 4.48. The van der Waals surface area contributed by atoms with Crippen LogP contribution in [0.1, 0.15) is 5.56 Å². The summed E-state index contributed by atoms with van der Waals surface area (Å²) < 4.78 is 41.7. The Labute approximate surface area is 98.3 Å². The number of nitro groups is 1. The number of halogens is 3. The summed E-state index contributed by atoms with van der Waals surface area (Å²) in [4.78, 5) is 20.0. The van der Waals surface area contributed by atoms with Crippen molar-refractivity contribution in [1.29, 1.82) is 0 Å². The standard InChI is InChI=1S/C9H7F3N2O4/c10-9(11,12)5-1-2-7(18-4-8(13)15)6(3-5)14(16)17/h1-3H,4H2,(H2,13,15). The SMILES string of the molecule is NC(=O)COc1ccc(C(F)(F)F)cc1[N+](=O)[O-]. The first kappa shape index (κ1) is 13.7. The maximum absolute atomic E-state index is 12.3. The van der Waals surface area contributed by atoms with Crippen molar-refractivity contribution in [2.75, 3.05) is 6.61 Å². The molecule has 0 radical (unpaired) electrons. The summed E-state index contributed by atoms with van der Waals surface area (Å²) in [5, 5.41) is 10.6. The molecule has 98 valence electrons. The summed E-state index contributed by atoms with van der Waals surface area (Å²) in [6.07, 6.45) is -4.70. The minimum Gasteiger partial charge on any atom is -0.477 e. The number of primary amides is 1. The van der Waals surface area contributed by atoms with Gasteiger partial charge in [-0.25, -0.2) is 0 Å². The van der Waals surface area contributed by atoms with Crippen LogP contribution in [0.5, 0.6) is 5.75 Å². The monoisotopic (exact) mass is 264 g/mol. The molecule has 0 aliphatic rings. The van der Waals surface area contributed by atoms with Gasteiger partial charge in [0.1, 0.15) is 0 Å². The second kappa shape index (κ2) is 4.90. The first-order valence-electron chi connectivity index (χ1n) is 4.48. The third-order valence-corrected chi connectivity index (χ3v) is 1.85. The van der Waals surface area contributed by atoms with Gasteiger partial charge in [0.15, 0.2) is 12.4 Å². The Bertz CT molecular complexity index is 487. The van der Waals surface area contributed by atoms with E-state index in [4.69, 9.17) is 5.73 Å². The summed E-state index contributed by atoms with van der Waals surface area (Å²) in [5.41, 5.74) is 2.69. The van der Waals surface area contributed by atoms with E-state index in [1.54, 1.807) is 0 Å². The molecule has 2 N–H and O–H groups in total. The molecule has 0 aliphatic heterocycles. The van der Waals surface area contributed by atoms with Crippen molar-refractivity contribution in [3.63, 3.8) is 0 Å². The topological polar surface area (TPSA) is 95.5 Å². The molecule has 0 saturated carbocycles. The van der Waals surface area contributed by atoms with Gasteiger partial charge < -0.3 is 10.5 Å². The van der Waals surface area contributed by atoms with Crippen molar-refractivity contribution in [3.8, 4) is 5.75 Å². The van der Waals surface area contributed by atoms with Crippen LogP contribution in [0.3, 0.4) is 0 Å². The van der Waals surface area contributed by atoms with Crippen molar-refractivity contribution < 1.29 is 27.6 Å². The van der Waals surface area contributed by atoms with Crippen LogP contribution in [0.2, 0.25) is 0 Å². The average molecular weight is 264 g/mol. The van der Waals surface area contributed by atoms with E-state index in [1.165, 1.54) is 0 Å². The van der Waals surface area contributed by atoms with Gasteiger partial charge in [0, 0.05) is 6.07 Å². The quantitative estimate of drug-likeness (QED) is 0.658. The summed E-state index contributed by atoms with van der Waals surface area (Å²) in [6, 6.07) is 1.71. The largest absolute Gasteiger partial charge is 0.477 e. The highest BCUT2D eigenvalue weighted by Gasteiger charge is 2.33. The lowest BCUT2D eigenvalue weighted by atomic mass is 10.2. The zero-order chi connectivity index (χ0) is 13.9. The van der Waals surface area contributed by atoms with Crippen LogP contribution in [-0.2, 0) is 11.0 Å². The minimum absolute atomic E-state index is 0.330. The van der Waals surface area contributed by atoms with Gasteiger partial charge in [-0.3, -0.25) is 14.9 Å². The zero-order valence-electron chi connectivity index (χ0n) is 8.73. The number of hydrogen-bond acceptors (Lipinski definition) is 4. The molecule has 0 spiro atoms. The van der Waals surface area contributed by atoms with Gasteiger partial charge in [0.2, 0.25) is 0 Å². The van der Waals surface area contributed by atoms with E-state index in [0.717, 1.165) is 6.07 Å². The molecule has 0 unspecified atom stereocenters. The Morgan fingerprint density at radius 3 is 2.50 bits per heavy atom. The number of carbonyl (C=O) groups excluding carboxylic acids is 1. The normalized spacial score (nSPS) is 11.1. The Kier molecular flexibility index (Phi) is 3.74. The van der Waals surface area contributed by atoms with Crippen LogP contribution in [0, 0.1) is 10.1 Å². The van der Waals surface area contributed by atoms with Gasteiger partial charge in [-0.05, 0) is 12.1 Å². The molecule has 1 rings (SSSR count). The number of hydrogen-bond donors (Lipinski definition) is 1. The van der Waals surface area contributed by atoms with E-state index in [-0.39, 0.29) is 0 Å². The molecule has 0 aliphatic carbocycles. The number of benzene rings is 1.